The second-order valence-electron chi connectivity index (χ2n) is 7.89. The number of H-pyrrole nitrogens is 1. The van der Waals surface area contributed by atoms with Gasteiger partial charge in [-0.25, -0.2) is 0 Å². The quantitative estimate of drug-likeness (QED) is 0.582. The first-order valence-corrected chi connectivity index (χ1v) is 10.5. The van der Waals surface area contributed by atoms with Crippen LogP contribution in [-0.4, -0.2) is 69.8 Å². The number of aromatic amines is 1. The highest BCUT2D eigenvalue weighted by molar-refractivity contribution is 6.04. The molecule has 3 N–H and O–H groups in total. The van der Waals surface area contributed by atoms with Crippen molar-refractivity contribution in [1.29, 1.82) is 0 Å². The molecule has 30 heavy (non-hydrogen) atoms. The number of amides is 1. The highest BCUT2D eigenvalue weighted by Gasteiger charge is 2.25. The molecule has 7 nitrogen and oxygen atoms in total. The van der Waals surface area contributed by atoms with E-state index in [1.165, 1.54) is 5.56 Å². The number of benzene rings is 2. The van der Waals surface area contributed by atoms with Crippen LogP contribution in [0.5, 0.6) is 0 Å². The van der Waals surface area contributed by atoms with Crippen LogP contribution in [0.1, 0.15) is 28.5 Å². The Bertz CT molecular complexity index is 1000. The van der Waals surface area contributed by atoms with Gasteiger partial charge in [0.15, 0.2) is 5.69 Å². The van der Waals surface area contributed by atoms with Crippen LogP contribution < -0.4 is 5.32 Å². The van der Waals surface area contributed by atoms with E-state index in [9.17, 15) is 9.90 Å². The van der Waals surface area contributed by atoms with Crippen LogP contribution in [0.15, 0.2) is 48.5 Å². The number of nitrogens with one attached hydrogen (secondary N) is 2. The molecule has 1 atom stereocenters. The average molecular weight is 408 g/mol. The summed E-state index contributed by atoms with van der Waals surface area (Å²) in [5, 5.41) is 20.6. The largest absolute Gasteiger partial charge is 0.392 e. The van der Waals surface area contributed by atoms with E-state index < -0.39 is 0 Å². The van der Waals surface area contributed by atoms with Gasteiger partial charge < -0.3 is 15.3 Å². The molecule has 4 rings (SSSR count). The van der Waals surface area contributed by atoms with Gasteiger partial charge in [0.2, 0.25) is 0 Å². The van der Waals surface area contributed by atoms with Crippen LogP contribution in [-0.2, 0) is 13.2 Å². The van der Waals surface area contributed by atoms with E-state index in [2.05, 4.69) is 38.3 Å². The number of carbonyl (C=O) groups is 1. The maximum atomic E-state index is 13.0. The van der Waals surface area contributed by atoms with E-state index in [0.717, 1.165) is 55.7 Å². The Labute approximate surface area is 176 Å². The highest BCUT2D eigenvalue weighted by Crippen LogP contribution is 2.16. The molecule has 0 bridgehead atoms. The zero-order chi connectivity index (χ0) is 20.9. The van der Waals surface area contributed by atoms with Crippen LogP contribution in [0, 0.1) is 0 Å². The lowest BCUT2D eigenvalue weighted by atomic mass is 10.1. The molecule has 1 amide bonds. The Morgan fingerprint density at radius 3 is 2.73 bits per heavy atom. The van der Waals surface area contributed by atoms with Gasteiger partial charge in [-0.2, -0.15) is 5.10 Å². The van der Waals surface area contributed by atoms with Gasteiger partial charge in [-0.1, -0.05) is 49.4 Å². The number of carbonyl (C=O) groups excluding carboxylic acids is 1. The summed E-state index contributed by atoms with van der Waals surface area (Å²) in [6.07, 6.45) is 0. The first-order chi connectivity index (χ1) is 14.7. The molecule has 0 aliphatic carbocycles. The molecule has 158 valence electrons. The summed E-state index contributed by atoms with van der Waals surface area (Å²) in [4.78, 5) is 17.7. The second kappa shape index (κ2) is 9.38. The smallest absolute Gasteiger partial charge is 0.272 e. The average Bonchev–Trinajstić information content (AvgIpc) is 3.11. The summed E-state index contributed by atoms with van der Waals surface area (Å²) in [7, 11) is 0. The number of likely N-dealkylation sites (N-methyl/N-ethyl adjacent to an activating group) is 1. The second-order valence-corrected chi connectivity index (χ2v) is 7.89. The SMILES string of the molecule is CCN1CCN(Cc2cccc(CO)c2)CC(NC(=O)c2n[nH]c3ccccc23)C1. The van der Waals surface area contributed by atoms with Crippen molar-refractivity contribution in [2.24, 2.45) is 0 Å². The van der Waals surface area contributed by atoms with Crippen LogP contribution >= 0.6 is 0 Å². The van der Waals surface area contributed by atoms with Crippen molar-refractivity contribution in [3.63, 3.8) is 0 Å². The van der Waals surface area contributed by atoms with Gasteiger partial charge in [-0.05, 0) is 23.7 Å². The maximum absolute atomic E-state index is 13.0. The van der Waals surface area contributed by atoms with E-state index in [0.29, 0.717) is 5.69 Å². The lowest BCUT2D eigenvalue weighted by molar-refractivity contribution is 0.0919. The van der Waals surface area contributed by atoms with Gasteiger partial charge in [0, 0.05) is 38.1 Å². The molecular weight excluding hydrogens is 378 g/mol. The number of para-hydroxylation sites is 1. The Balaban J connectivity index is 1.48. The third-order valence-electron chi connectivity index (χ3n) is 5.74. The number of aromatic nitrogens is 2. The van der Waals surface area contributed by atoms with Gasteiger partial charge in [-0.3, -0.25) is 14.8 Å². The van der Waals surface area contributed by atoms with Crippen LogP contribution in [0.25, 0.3) is 10.9 Å². The molecule has 7 heteroatoms. The molecular formula is C23H29N5O2. The van der Waals surface area contributed by atoms with Crippen molar-refractivity contribution in [3.05, 3.63) is 65.4 Å². The van der Waals surface area contributed by atoms with Gasteiger partial charge in [-0.15, -0.1) is 0 Å². The number of fused-ring (bicyclic) bond motifs is 1. The molecule has 2 heterocycles. The summed E-state index contributed by atoms with van der Waals surface area (Å²) in [5.41, 5.74) is 3.41. The van der Waals surface area contributed by atoms with Gasteiger partial charge >= 0.3 is 0 Å². The van der Waals surface area contributed by atoms with Gasteiger partial charge in [0.05, 0.1) is 18.2 Å². The van der Waals surface area contributed by atoms with Crippen LogP contribution in [0.3, 0.4) is 0 Å². The highest BCUT2D eigenvalue weighted by atomic mass is 16.3. The third-order valence-corrected chi connectivity index (χ3v) is 5.74. The molecule has 1 aliphatic rings. The minimum Gasteiger partial charge on any atom is -0.392 e. The van der Waals surface area contributed by atoms with Crippen molar-refractivity contribution in [1.82, 2.24) is 25.3 Å². The summed E-state index contributed by atoms with van der Waals surface area (Å²) in [5.74, 6) is -0.141. The van der Waals surface area contributed by atoms with Gasteiger partial charge in [0.1, 0.15) is 0 Å². The minimum atomic E-state index is -0.141. The molecule has 1 aliphatic heterocycles. The van der Waals surface area contributed by atoms with Crippen LogP contribution in [0.4, 0.5) is 0 Å². The summed E-state index contributed by atoms with van der Waals surface area (Å²) in [6, 6.07) is 15.7. The van der Waals surface area contributed by atoms with Crippen molar-refractivity contribution in [2.75, 3.05) is 32.7 Å². The summed E-state index contributed by atoms with van der Waals surface area (Å²) < 4.78 is 0. The predicted molar refractivity (Wildman–Crippen MR) is 117 cm³/mol. The Hall–Kier alpha value is -2.74. The standard InChI is InChI=1S/C23H29N5O2/c1-2-27-10-11-28(13-17-6-5-7-18(12-17)16-29)15-19(14-27)24-23(30)22-20-8-3-4-9-21(20)25-26-22/h3-9,12,19,29H,2,10-11,13-16H2,1H3,(H,24,30)(H,25,26). The third kappa shape index (κ3) is 4.70. The number of aliphatic hydroxyl groups excluding tert-OH is 1. The lowest BCUT2D eigenvalue weighted by Crippen LogP contribution is -2.46. The first-order valence-electron chi connectivity index (χ1n) is 10.5. The van der Waals surface area contributed by atoms with Crippen LogP contribution in [0.2, 0.25) is 0 Å². The molecule has 1 unspecified atom stereocenters. The van der Waals surface area contributed by atoms with Crippen molar-refractivity contribution < 1.29 is 9.90 Å². The molecule has 0 saturated carbocycles. The Morgan fingerprint density at radius 2 is 1.90 bits per heavy atom. The normalized spacial score (nSPS) is 18.4. The number of hydrogen-bond donors (Lipinski definition) is 3. The molecule has 2 aromatic carbocycles. The zero-order valence-corrected chi connectivity index (χ0v) is 17.3. The van der Waals surface area contributed by atoms with E-state index in [1.807, 2.05) is 42.5 Å². The van der Waals surface area contributed by atoms with Gasteiger partial charge in [0.25, 0.3) is 5.91 Å². The first kappa shape index (κ1) is 20.5. The van der Waals surface area contributed by atoms with E-state index in [-0.39, 0.29) is 18.6 Å². The number of nitrogens with zero attached hydrogens (tertiary/aromatic N) is 3. The van der Waals surface area contributed by atoms with Crippen molar-refractivity contribution in [3.8, 4) is 0 Å². The van der Waals surface area contributed by atoms with E-state index in [4.69, 9.17) is 0 Å². The number of hydrogen-bond acceptors (Lipinski definition) is 5. The summed E-state index contributed by atoms with van der Waals surface area (Å²) in [6.45, 7) is 7.44. The number of aliphatic hydroxyl groups is 1. The monoisotopic (exact) mass is 407 g/mol. The fourth-order valence-corrected chi connectivity index (χ4v) is 4.14. The molecule has 0 spiro atoms. The molecule has 1 aromatic heterocycles. The predicted octanol–water partition coefficient (Wildman–Crippen LogP) is 1.99. The van der Waals surface area contributed by atoms with E-state index >= 15 is 0 Å². The lowest BCUT2D eigenvalue weighted by Gasteiger charge is -2.25. The molecule has 3 aromatic rings. The van der Waals surface area contributed by atoms with Crippen molar-refractivity contribution in [2.45, 2.75) is 26.1 Å². The molecule has 0 radical (unpaired) electrons. The fourth-order valence-electron chi connectivity index (χ4n) is 4.14. The van der Waals surface area contributed by atoms with Crippen molar-refractivity contribution >= 4 is 16.8 Å². The summed E-state index contributed by atoms with van der Waals surface area (Å²) >= 11 is 0. The topological polar surface area (TPSA) is 84.5 Å². The maximum Gasteiger partial charge on any atom is 0.272 e. The molecule has 1 fully saturated rings. The fraction of sp³-hybridized carbons (Fsp3) is 0.391. The Morgan fingerprint density at radius 1 is 1.13 bits per heavy atom. The van der Waals surface area contributed by atoms with E-state index in [1.54, 1.807) is 0 Å². The minimum absolute atomic E-state index is 0.0106. The Kier molecular flexibility index (Phi) is 6.42. The molecule has 1 saturated heterocycles. The number of rotatable bonds is 6. The zero-order valence-electron chi connectivity index (χ0n) is 17.3.